The summed E-state index contributed by atoms with van der Waals surface area (Å²) in [6.07, 6.45) is 0. The Bertz CT molecular complexity index is 2190. The molecule has 0 unspecified atom stereocenters. The Balaban J connectivity index is 1.38. The van der Waals surface area contributed by atoms with Crippen LogP contribution in [-0.4, -0.2) is 15.0 Å². The van der Waals surface area contributed by atoms with E-state index in [2.05, 4.69) is 109 Å². The van der Waals surface area contributed by atoms with Gasteiger partial charge in [-0.25, -0.2) is 15.0 Å². The molecular formula is C41H26N4. The molecule has 1 aliphatic carbocycles. The van der Waals surface area contributed by atoms with Crippen LogP contribution in [0.15, 0.2) is 158 Å². The average Bonchev–Trinajstić information content (AvgIpc) is 3.43. The number of nitrogens with zero attached hydrogens (tertiary/aromatic N) is 4. The van der Waals surface area contributed by atoms with Crippen LogP contribution in [0, 0.1) is 11.3 Å². The molecule has 4 heteroatoms. The third-order valence-corrected chi connectivity index (χ3v) is 8.63. The highest BCUT2D eigenvalue weighted by Gasteiger charge is 2.45. The van der Waals surface area contributed by atoms with Gasteiger partial charge in [0.25, 0.3) is 0 Å². The molecule has 7 aromatic rings. The minimum atomic E-state index is -0.524. The van der Waals surface area contributed by atoms with Gasteiger partial charge in [0, 0.05) is 16.7 Å². The summed E-state index contributed by atoms with van der Waals surface area (Å²) in [4.78, 5) is 14.9. The summed E-state index contributed by atoms with van der Waals surface area (Å²) >= 11 is 0. The standard InChI is InChI=1S/C41H26N4/c42-27-28-13-11-16-30(25-28)39-43-38(29-14-3-1-4-15-29)44-40(45-39)31-17-12-20-33(26-31)41(32-18-5-2-6-19-32)36-23-9-7-21-34(36)35-22-8-10-24-37(35)41/h1-26H. The fourth-order valence-electron chi connectivity index (χ4n) is 6.68. The lowest BCUT2D eigenvalue weighted by Gasteiger charge is -2.34. The van der Waals surface area contributed by atoms with E-state index in [0.29, 0.717) is 23.0 Å². The summed E-state index contributed by atoms with van der Waals surface area (Å²) in [6.45, 7) is 0. The molecule has 0 bridgehead atoms. The summed E-state index contributed by atoms with van der Waals surface area (Å²) < 4.78 is 0. The van der Waals surface area contributed by atoms with Gasteiger partial charge in [-0.2, -0.15) is 5.26 Å². The average molecular weight is 575 g/mol. The maximum atomic E-state index is 9.56. The highest BCUT2D eigenvalue weighted by atomic mass is 15.0. The van der Waals surface area contributed by atoms with Crippen LogP contribution < -0.4 is 0 Å². The van der Waals surface area contributed by atoms with E-state index < -0.39 is 5.41 Å². The van der Waals surface area contributed by atoms with Gasteiger partial charge >= 0.3 is 0 Å². The first-order valence-corrected chi connectivity index (χ1v) is 14.9. The number of rotatable bonds is 5. The van der Waals surface area contributed by atoms with Crippen molar-refractivity contribution in [1.82, 2.24) is 15.0 Å². The molecule has 0 spiro atoms. The molecule has 0 amide bonds. The minimum Gasteiger partial charge on any atom is -0.208 e. The summed E-state index contributed by atoms with van der Waals surface area (Å²) in [5.41, 5.74) is 9.93. The van der Waals surface area contributed by atoms with E-state index in [1.165, 1.54) is 27.8 Å². The lowest BCUT2D eigenvalue weighted by molar-refractivity contribution is 0.768. The molecule has 210 valence electrons. The van der Waals surface area contributed by atoms with Gasteiger partial charge in [-0.1, -0.05) is 140 Å². The van der Waals surface area contributed by atoms with E-state index >= 15 is 0 Å². The number of aromatic nitrogens is 3. The van der Waals surface area contributed by atoms with Crippen LogP contribution in [0.1, 0.15) is 27.8 Å². The van der Waals surface area contributed by atoms with Gasteiger partial charge in [0.05, 0.1) is 17.0 Å². The zero-order valence-corrected chi connectivity index (χ0v) is 24.3. The Labute approximate surface area is 262 Å². The smallest absolute Gasteiger partial charge is 0.164 e. The lowest BCUT2D eigenvalue weighted by atomic mass is 9.67. The SMILES string of the molecule is N#Cc1cccc(-c2nc(-c3ccccc3)nc(-c3cccc(C4(c5ccccc5)c5ccccc5-c5ccccc54)c3)n2)c1. The van der Waals surface area contributed by atoms with Gasteiger partial charge in [0.1, 0.15) is 0 Å². The molecule has 1 aliphatic rings. The van der Waals surface area contributed by atoms with Gasteiger partial charge < -0.3 is 0 Å². The van der Waals surface area contributed by atoms with E-state index in [1.54, 1.807) is 6.07 Å². The molecule has 8 rings (SSSR count). The summed E-state index contributed by atoms with van der Waals surface area (Å²) in [5.74, 6) is 1.68. The fraction of sp³-hybridized carbons (Fsp3) is 0.0244. The van der Waals surface area contributed by atoms with Crippen molar-refractivity contribution in [3.05, 3.63) is 186 Å². The second kappa shape index (κ2) is 10.8. The van der Waals surface area contributed by atoms with Crippen LogP contribution in [0.5, 0.6) is 0 Å². The van der Waals surface area contributed by atoms with Crippen LogP contribution in [-0.2, 0) is 5.41 Å². The van der Waals surface area contributed by atoms with Crippen molar-refractivity contribution in [1.29, 1.82) is 5.26 Å². The second-order valence-corrected chi connectivity index (χ2v) is 11.2. The van der Waals surface area contributed by atoms with Crippen molar-refractivity contribution in [2.24, 2.45) is 0 Å². The molecule has 0 saturated carbocycles. The van der Waals surface area contributed by atoms with E-state index in [-0.39, 0.29) is 0 Å². The Hall–Kier alpha value is -6.18. The Morgan fingerprint density at radius 3 is 1.51 bits per heavy atom. The zero-order chi connectivity index (χ0) is 30.2. The topological polar surface area (TPSA) is 62.5 Å². The first-order valence-electron chi connectivity index (χ1n) is 14.9. The first kappa shape index (κ1) is 26.4. The molecule has 1 aromatic heterocycles. The van der Waals surface area contributed by atoms with E-state index in [9.17, 15) is 5.26 Å². The summed E-state index contributed by atoms with van der Waals surface area (Å²) in [6, 6.07) is 56.4. The highest BCUT2D eigenvalue weighted by Crippen LogP contribution is 2.56. The molecule has 0 saturated heterocycles. The minimum absolute atomic E-state index is 0.524. The molecule has 0 fully saturated rings. The molecule has 45 heavy (non-hydrogen) atoms. The van der Waals surface area contributed by atoms with Crippen molar-refractivity contribution in [3.8, 4) is 51.4 Å². The van der Waals surface area contributed by atoms with Crippen molar-refractivity contribution in [2.45, 2.75) is 5.41 Å². The number of fused-ring (bicyclic) bond motifs is 3. The fourth-order valence-corrected chi connectivity index (χ4v) is 6.68. The Kier molecular flexibility index (Phi) is 6.36. The van der Waals surface area contributed by atoms with Gasteiger partial charge in [0.2, 0.25) is 0 Å². The van der Waals surface area contributed by atoms with Gasteiger partial charge in [-0.3, -0.25) is 0 Å². The third-order valence-electron chi connectivity index (χ3n) is 8.63. The van der Waals surface area contributed by atoms with Crippen LogP contribution in [0.3, 0.4) is 0 Å². The lowest BCUT2D eigenvalue weighted by Crippen LogP contribution is -2.28. The van der Waals surface area contributed by atoms with Crippen LogP contribution in [0.2, 0.25) is 0 Å². The monoisotopic (exact) mass is 574 g/mol. The van der Waals surface area contributed by atoms with Crippen LogP contribution in [0.25, 0.3) is 45.3 Å². The molecule has 0 N–H and O–H groups in total. The third kappa shape index (κ3) is 4.33. The van der Waals surface area contributed by atoms with E-state index in [4.69, 9.17) is 15.0 Å². The van der Waals surface area contributed by atoms with Gasteiger partial charge in [-0.05, 0) is 51.6 Å². The number of hydrogen-bond acceptors (Lipinski definition) is 4. The molecule has 0 aliphatic heterocycles. The normalized spacial score (nSPS) is 12.6. The van der Waals surface area contributed by atoms with Crippen LogP contribution in [0.4, 0.5) is 0 Å². The molecular weight excluding hydrogens is 548 g/mol. The van der Waals surface area contributed by atoms with Crippen molar-refractivity contribution in [2.75, 3.05) is 0 Å². The van der Waals surface area contributed by atoms with E-state index in [1.807, 2.05) is 48.5 Å². The largest absolute Gasteiger partial charge is 0.208 e. The molecule has 6 aromatic carbocycles. The summed E-state index contributed by atoms with van der Waals surface area (Å²) in [7, 11) is 0. The Morgan fingerprint density at radius 1 is 0.422 bits per heavy atom. The van der Waals surface area contributed by atoms with Gasteiger partial charge in [-0.15, -0.1) is 0 Å². The predicted octanol–water partition coefficient (Wildman–Crippen LogP) is 9.11. The number of benzene rings is 6. The Morgan fingerprint density at radius 2 is 0.889 bits per heavy atom. The number of hydrogen-bond donors (Lipinski definition) is 0. The maximum absolute atomic E-state index is 9.56. The number of nitriles is 1. The van der Waals surface area contributed by atoms with Crippen molar-refractivity contribution in [3.63, 3.8) is 0 Å². The second-order valence-electron chi connectivity index (χ2n) is 11.2. The summed E-state index contributed by atoms with van der Waals surface area (Å²) in [5, 5.41) is 9.56. The van der Waals surface area contributed by atoms with Crippen LogP contribution >= 0.6 is 0 Å². The highest BCUT2D eigenvalue weighted by molar-refractivity contribution is 5.86. The maximum Gasteiger partial charge on any atom is 0.164 e. The van der Waals surface area contributed by atoms with E-state index in [0.717, 1.165) is 22.3 Å². The first-order chi connectivity index (χ1) is 22.3. The molecule has 0 radical (unpaired) electrons. The molecule has 4 nitrogen and oxygen atoms in total. The quantitative estimate of drug-likeness (QED) is 0.206. The van der Waals surface area contributed by atoms with Crippen molar-refractivity contribution >= 4 is 0 Å². The van der Waals surface area contributed by atoms with Crippen molar-refractivity contribution < 1.29 is 0 Å². The zero-order valence-electron chi connectivity index (χ0n) is 24.3. The molecule has 1 heterocycles. The molecule has 0 atom stereocenters. The van der Waals surface area contributed by atoms with Gasteiger partial charge in [0.15, 0.2) is 17.5 Å². The predicted molar refractivity (Wildman–Crippen MR) is 178 cm³/mol.